The van der Waals surface area contributed by atoms with E-state index in [0.717, 1.165) is 5.56 Å². The second kappa shape index (κ2) is 7.16. The number of carbonyl (C=O) groups is 2. The molecule has 0 atom stereocenters. The number of nitrogens with two attached hydrogens (primary N) is 2. The number of anilines is 1. The molecular formula is C18H16FN5O3. The highest BCUT2D eigenvalue weighted by atomic mass is 19.1. The smallest absolute Gasteiger partial charge is 0.316 e. The van der Waals surface area contributed by atoms with Gasteiger partial charge in [0.25, 0.3) is 5.91 Å². The topological polar surface area (TPSA) is 125 Å². The molecule has 5 N–H and O–H groups in total. The van der Waals surface area contributed by atoms with Crippen LogP contribution in [0.5, 0.6) is 5.75 Å². The van der Waals surface area contributed by atoms with Gasteiger partial charge in [0.2, 0.25) is 0 Å². The second-order valence-corrected chi connectivity index (χ2v) is 5.59. The lowest BCUT2D eigenvalue weighted by Crippen LogP contribution is -2.22. The molecular weight excluding hydrogens is 353 g/mol. The van der Waals surface area contributed by atoms with Gasteiger partial charge in [0.15, 0.2) is 17.3 Å². The monoisotopic (exact) mass is 369 g/mol. The van der Waals surface area contributed by atoms with Crippen LogP contribution in [0, 0.1) is 5.82 Å². The number of hydrogen-bond acceptors (Lipinski definition) is 4. The molecule has 0 aliphatic heterocycles. The minimum atomic E-state index is -0.848. The summed E-state index contributed by atoms with van der Waals surface area (Å²) >= 11 is 0. The number of nitrogens with one attached hydrogen (secondary N) is 1. The average molecular weight is 369 g/mol. The van der Waals surface area contributed by atoms with Gasteiger partial charge in [-0.05, 0) is 35.4 Å². The van der Waals surface area contributed by atoms with Gasteiger partial charge in [-0.3, -0.25) is 4.79 Å². The lowest BCUT2D eigenvalue weighted by Gasteiger charge is -2.08. The Morgan fingerprint density at radius 3 is 2.52 bits per heavy atom. The minimum absolute atomic E-state index is 0.0934. The minimum Gasteiger partial charge on any atom is -0.494 e. The van der Waals surface area contributed by atoms with E-state index < -0.39 is 17.8 Å². The molecule has 3 rings (SSSR count). The van der Waals surface area contributed by atoms with Crippen molar-refractivity contribution in [3.05, 3.63) is 60.2 Å². The number of aromatic nitrogens is 2. The standard InChI is InChI=1S/C18H16FN5O3/c1-27-15-6-5-11(8-13(15)19)10-3-2-4-12(7-10)24-9-14(22-18(21)26)16(23-24)17(20)25/h2-9H,1H3,(H2,20,25)(H3,21,22,26). The van der Waals surface area contributed by atoms with E-state index in [4.69, 9.17) is 16.2 Å². The van der Waals surface area contributed by atoms with Crippen LogP contribution < -0.4 is 21.5 Å². The lowest BCUT2D eigenvalue weighted by atomic mass is 10.0. The third-order valence-electron chi connectivity index (χ3n) is 3.80. The molecule has 0 saturated carbocycles. The molecule has 0 bridgehead atoms. The summed E-state index contributed by atoms with van der Waals surface area (Å²) in [5.74, 6) is -1.15. The van der Waals surface area contributed by atoms with Crippen LogP contribution in [-0.2, 0) is 0 Å². The van der Waals surface area contributed by atoms with E-state index in [1.165, 1.54) is 30.1 Å². The summed E-state index contributed by atoms with van der Waals surface area (Å²) in [7, 11) is 1.39. The van der Waals surface area contributed by atoms with E-state index in [2.05, 4.69) is 10.4 Å². The average Bonchev–Trinajstić information content (AvgIpc) is 3.05. The van der Waals surface area contributed by atoms with Gasteiger partial charge in [-0.1, -0.05) is 18.2 Å². The molecule has 0 saturated heterocycles. The summed E-state index contributed by atoms with van der Waals surface area (Å²) < 4.78 is 20.3. The van der Waals surface area contributed by atoms with Gasteiger partial charge < -0.3 is 21.5 Å². The van der Waals surface area contributed by atoms with Crippen LogP contribution in [0.15, 0.2) is 48.7 Å². The molecule has 0 aliphatic rings. The van der Waals surface area contributed by atoms with Crippen molar-refractivity contribution in [3.63, 3.8) is 0 Å². The van der Waals surface area contributed by atoms with Crippen molar-refractivity contribution in [1.82, 2.24) is 9.78 Å². The Morgan fingerprint density at radius 1 is 1.15 bits per heavy atom. The predicted molar refractivity (Wildman–Crippen MR) is 97.2 cm³/mol. The fourth-order valence-electron chi connectivity index (χ4n) is 2.59. The van der Waals surface area contributed by atoms with E-state index >= 15 is 0 Å². The van der Waals surface area contributed by atoms with E-state index in [0.29, 0.717) is 11.3 Å². The highest BCUT2D eigenvalue weighted by Gasteiger charge is 2.16. The zero-order valence-corrected chi connectivity index (χ0v) is 14.3. The zero-order valence-electron chi connectivity index (χ0n) is 14.3. The molecule has 27 heavy (non-hydrogen) atoms. The van der Waals surface area contributed by atoms with Crippen LogP contribution in [0.3, 0.4) is 0 Å². The number of amides is 3. The normalized spacial score (nSPS) is 10.4. The number of nitrogens with zero attached hydrogens (tertiary/aromatic N) is 2. The highest BCUT2D eigenvalue weighted by Crippen LogP contribution is 2.27. The van der Waals surface area contributed by atoms with Crippen molar-refractivity contribution in [3.8, 4) is 22.6 Å². The van der Waals surface area contributed by atoms with Crippen LogP contribution in [0.4, 0.5) is 14.9 Å². The summed E-state index contributed by atoms with van der Waals surface area (Å²) in [6, 6.07) is 10.8. The molecule has 0 radical (unpaired) electrons. The Balaban J connectivity index is 2.02. The van der Waals surface area contributed by atoms with Crippen molar-refractivity contribution in [2.24, 2.45) is 11.5 Å². The molecule has 3 aromatic rings. The molecule has 0 fully saturated rings. The molecule has 1 heterocycles. The van der Waals surface area contributed by atoms with Gasteiger partial charge in [-0.15, -0.1) is 0 Å². The number of halogens is 1. The predicted octanol–water partition coefficient (Wildman–Crippen LogP) is 2.28. The second-order valence-electron chi connectivity index (χ2n) is 5.59. The molecule has 138 valence electrons. The Morgan fingerprint density at radius 2 is 1.89 bits per heavy atom. The Kier molecular flexibility index (Phi) is 4.75. The number of ether oxygens (including phenoxy) is 1. The maximum atomic E-state index is 14.0. The fourth-order valence-corrected chi connectivity index (χ4v) is 2.59. The summed E-state index contributed by atoms with van der Waals surface area (Å²) in [5, 5.41) is 6.39. The van der Waals surface area contributed by atoms with Crippen LogP contribution >= 0.6 is 0 Å². The Hall–Kier alpha value is -3.88. The molecule has 0 spiro atoms. The number of hydrogen-bond donors (Lipinski definition) is 3. The molecule has 0 aliphatic carbocycles. The molecule has 1 aromatic heterocycles. The van der Waals surface area contributed by atoms with Crippen molar-refractivity contribution in [2.75, 3.05) is 12.4 Å². The molecule has 2 aromatic carbocycles. The number of carbonyl (C=O) groups excluding carboxylic acids is 2. The van der Waals surface area contributed by atoms with Crippen molar-refractivity contribution in [2.45, 2.75) is 0 Å². The van der Waals surface area contributed by atoms with Gasteiger partial charge in [0.1, 0.15) is 0 Å². The van der Waals surface area contributed by atoms with Crippen LogP contribution in [0.1, 0.15) is 10.5 Å². The van der Waals surface area contributed by atoms with Crippen LogP contribution in [0.25, 0.3) is 16.8 Å². The summed E-state index contributed by atoms with van der Waals surface area (Å²) in [6.45, 7) is 0. The highest BCUT2D eigenvalue weighted by molar-refractivity contribution is 6.00. The van der Waals surface area contributed by atoms with Gasteiger partial charge in [-0.2, -0.15) is 5.10 Å². The molecule has 0 unspecified atom stereocenters. The Bertz CT molecular complexity index is 1030. The number of benzene rings is 2. The molecule has 8 nitrogen and oxygen atoms in total. The quantitative estimate of drug-likeness (QED) is 0.638. The molecule has 9 heteroatoms. The van der Waals surface area contributed by atoms with Gasteiger partial charge in [0.05, 0.1) is 24.7 Å². The van der Waals surface area contributed by atoms with Gasteiger partial charge in [0, 0.05) is 0 Å². The summed E-state index contributed by atoms with van der Waals surface area (Å²) in [5.41, 5.74) is 12.3. The van der Waals surface area contributed by atoms with Crippen molar-refractivity contribution < 1.29 is 18.7 Å². The Labute approximate surface area is 153 Å². The summed E-state index contributed by atoms with van der Waals surface area (Å²) in [6.07, 6.45) is 1.42. The summed E-state index contributed by atoms with van der Waals surface area (Å²) in [4.78, 5) is 22.6. The number of primary amides is 2. The maximum Gasteiger partial charge on any atom is 0.316 e. The largest absolute Gasteiger partial charge is 0.494 e. The van der Waals surface area contributed by atoms with Crippen LogP contribution in [0.2, 0.25) is 0 Å². The van der Waals surface area contributed by atoms with Crippen LogP contribution in [-0.4, -0.2) is 28.8 Å². The van der Waals surface area contributed by atoms with E-state index in [1.807, 2.05) is 0 Å². The SMILES string of the molecule is COc1ccc(-c2cccc(-n3cc(NC(N)=O)c(C(N)=O)n3)c2)cc1F. The van der Waals surface area contributed by atoms with Crippen molar-refractivity contribution in [1.29, 1.82) is 0 Å². The first kappa shape index (κ1) is 17.9. The first-order valence-corrected chi connectivity index (χ1v) is 7.79. The lowest BCUT2D eigenvalue weighted by molar-refractivity contribution is 0.0996. The zero-order chi connectivity index (χ0) is 19.6. The maximum absolute atomic E-state index is 14.0. The van der Waals surface area contributed by atoms with E-state index in [1.54, 1.807) is 30.3 Å². The van der Waals surface area contributed by atoms with E-state index in [9.17, 15) is 14.0 Å². The number of urea groups is 1. The van der Waals surface area contributed by atoms with E-state index in [-0.39, 0.29) is 17.1 Å². The number of rotatable bonds is 5. The van der Waals surface area contributed by atoms with Gasteiger partial charge in [-0.25, -0.2) is 13.9 Å². The molecule has 3 amide bonds. The third-order valence-corrected chi connectivity index (χ3v) is 3.80. The number of methoxy groups -OCH3 is 1. The first-order valence-electron chi connectivity index (χ1n) is 7.79. The fraction of sp³-hybridized carbons (Fsp3) is 0.0556. The third kappa shape index (κ3) is 3.71. The van der Waals surface area contributed by atoms with Crippen molar-refractivity contribution >= 4 is 17.6 Å². The van der Waals surface area contributed by atoms with Gasteiger partial charge >= 0.3 is 6.03 Å². The first-order chi connectivity index (χ1) is 12.9.